The van der Waals surface area contributed by atoms with Gasteiger partial charge in [0.25, 0.3) is 0 Å². The summed E-state index contributed by atoms with van der Waals surface area (Å²) in [7, 11) is 0. The highest BCUT2D eigenvalue weighted by molar-refractivity contribution is 5.86. The fourth-order valence-electron chi connectivity index (χ4n) is 4.88. The van der Waals surface area contributed by atoms with Gasteiger partial charge in [-0.05, 0) is 50.7 Å². The Morgan fingerprint density at radius 3 is 2.76 bits per heavy atom. The summed E-state index contributed by atoms with van der Waals surface area (Å²) in [6, 6.07) is 8.74. The van der Waals surface area contributed by atoms with Gasteiger partial charge < -0.3 is 15.0 Å². The molecule has 1 amide bonds. The van der Waals surface area contributed by atoms with E-state index in [1.807, 2.05) is 0 Å². The van der Waals surface area contributed by atoms with Gasteiger partial charge in [-0.1, -0.05) is 38.0 Å². The van der Waals surface area contributed by atoms with Crippen molar-refractivity contribution >= 4 is 16.8 Å². The second-order valence-electron chi connectivity index (χ2n) is 8.96. The van der Waals surface area contributed by atoms with E-state index in [-0.39, 0.29) is 12.0 Å². The fraction of sp³-hybridized carbons (Fsp3) is 0.625. The van der Waals surface area contributed by atoms with E-state index >= 15 is 0 Å². The lowest BCUT2D eigenvalue weighted by molar-refractivity contribution is -0.135. The third kappa shape index (κ3) is 4.36. The lowest BCUT2D eigenvalue weighted by Gasteiger charge is -2.41. The van der Waals surface area contributed by atoms with Crippen LogP contribution in [0.2, 0.25) is 0 Å². The number of hydrogen-bond acceptors (Lipinski definition) is 3. The van der Waals surface area contributed by atoms with Crippen LogP contribution in [0.4, 0.5) is 0 Å². The van der Waals surface area contributed by atoms with Crippen LogP contribution in [0.1, 0.15) is 64.4 Å². The van der Waals surface area contributed by atoms with E-state index in [1.165, 1.54) is 23.8 Å². The summed E-state index contributed by atoms with van der Waals surface area (Å²) in [5, 5.41) is 4.60. The van der Waals surface area contributed by atoms with Crippen LogP contribution >= 0.6 is 0 Å². The zero-order valence-corrected chi connectivity index (χ0v) is 17.9. The van der Waals surface area contributed by atoms with E-state index in [2.05, 4.69) is 59.5 Å². The SMILES string of the molecule is CCC(C)(C(=O)NC1CCCC1)N(Cc1c[nH]c2ccccc12)CC1CCCO1. The van der Waals surface area contributed by atoms with Gasteiger partial charge in [0.1, 0.15) is 0 Å². The number of aromatic nitrogens is 1. The highest BCUT2D eigenvalue weighted by Crippen LogP contribution is 2.29. The van der Waals surface area contributed by atoms with Crippen LogP contribution in [0.5, 0.6) is 0 Å². The molecule has 4 rings (SSSR count). The monoisotopic (exact) mass is 397 g/mol. The molecule has 5 heteroatoms. The molecule has 1 aromatic heterocycles. The number of carbonyl (C=O) groups excluding carboxylic acids is 1. The smallest absolute Gasteiger partial charge is 0.240 e. The van der Waals surface area contributed by atoms with Gasteiger partial charge in [0.05, 0.1) is 11.6 Å². The number of nitrogens with one attached hydrogen (secondary N) is 2. The molecule has 2 fully saturated rings. The van der Waals surface area contributed by atoms with Crippen molar-refractivity contribution in [2.24, 2.45) is 0 Å². The standard InChI is InChI=1S/C24H35N3O2/c1-3-24(2,23(28)26-19-9-4-5-10-19)27(17-20-11-8-14-29-20)16-18-15-25-22-13-7-6-12-21(18)22/h6-7,12-13,15,19-20,25H,3-5,8-11,14,16-17H2,1-2H3,(H,26,28). The Balaban J connectivity index is 1.59. The second kappa shape index (κ2) is 8.88. The summed E-state index contributed by atoms with van der Waals surface area (Å²) in [5.74, 6) is 0.171. The lowest BCUT2D eigenvalue weighted by atomic mass is 9.92. The van der Waals surface area contributed by atoms with Gasteiger partial charge in [-0.25, -0.2) is 0 Å². The first-order valence-corrected chi connectivity index (χ1v) is 11.3. The average molecular weight is 398 g/mol. The molecule has 2 heterocycles. The highest BCUT2D eigenvalue weighted by Gasteiger charge is 2.40. The molecule has 0 radical (unpaired) electrons. The zero-order valence-electron chi connectivity index (χ0n) is 17.9. The Kier molecular flexibility index (Phi) is 6.26. The van der Waals surface area contributed by atoms with Crippen molar-refractivity contribution in [1.29, 1.82) is 0 Å². The van der Waals surface area contributed by atoms with Gasteiger partial charge in [-0.3, -0.25) is 9.69 Å². The van der Waals surface area contributed by atoms with Crippen molar-refractivity contribution in [2.45, 2.75) is 83.0 Å². The molecule has 158 valence electrons. The van der Waals surface area contributed by atoms with Gasteiger partial charge in [0.15, 0.2) is 0 Å². The van der Waals surface area contributed by atoms with Gasteiger partial charge in [0.2, 0.25) is 5.91 Å². The van der Waals surface area contributed by atoms with Crippen LogP contribution in [0.15, 0.2) is 30.5 Å². The molecule has 1 aliphatic heterocycles. The number of H-pyrrole nitrogens is 1. The first kappa shape index (κ1) is 20.4. The minimum absolute atomic E-state index is 0.171. The normalized spacial score (nSPS) is 22.4. The number of aromatic amines is 1. The van der Waals surface area contributed by atoms with Crippen molar-refractivity contribution in [3.63, 3.8) is 0 Å². The number of nitrogens with zero attached hydrogens (tertiary/aromatic N) is 1. The fourth-order valence-corrected chi connectivity index (χ4v) is 4.88. The number of ether oxygens (including phenoxy) is 1. The van der Waals surface area contributed by atoms with Gasteiger partial charge in [-0.2, -0.15) is 0 Å². The molecular formula is C24H35N3O2. The summed E-state index contributed by atoms with van der Waals surface area (Å²) < 4.78 is 5.96. The van der Waals surface area contributed by atoms with E-state index in [0.29, 0.717) is 6.04 Å². The Morgan fingerprint density at radius 1 is 1.24 bits per heavy atom. The predicted octanol–water partition coefficient (Wildman–Crippen LogP) is 4.38. The molecule has 0 spiro atoms. The molecule has 2 atom stereocenters. The summed E-state index contributed by atoms with van der Waals surface area (Å²) >= 11 is 0. The summed E-state index contributed by atoms with van der Waals surface area (Å²) in [6.45, 7) is 6.62. The van der Waals surface area contributed by atoms with Crippen LogP contribution < -0.4 is 5.32 Å². The molecule has 1 aliphatic carbocycles. The van der Waals surface area contributed by atoms with Gasteiger partial charge in [-0.15, -0.1) is 0 Å². The summed E-state index contributed by atoms with van der Waals surface area (Å²) in [6.07, 6.45) is 9.95. The van der Waals surface area contributed by atoms with Crippen LogP contribution in [0.25, 0.3) is 10.9 Å². The molecule has 29 heavy (non-hydrogen) atoms. The Bertz CT molecular complexity index is 820. The van der Waals surface area contributed by atoms with Crippen LogP contribution in [0, 0.1) is 0 Å². The number of para-hydroxylation sites is 1. The molecule has 2 aliphatic rings. The Hall–Kier alpha value is -1.85. The maximum Gasteiger partial charge on any atom is 0.240 e. The quantitative estimate of drug-likeness (QED) is 0.695. The Labute approximate surface area is 174 Å². The number of fused-ring (bicyclic) bond motifs is 1. The van der Waals surface area contributed by atoms with Gasteiger partial charge in [0, 0.05) is 42.8 Å². The van der Waals surface area contributed by atoms with Crippen molar-refractivity contribution in [3.05, 3.63) is 36.0 Å². The van der Waals surface area contributed by atoms with Crippen LogP contribution in [-0.4, -0.2) is 46.6 Å². The largest absolute Gasteiger partial charge is 0.377 e. The Morgan fingerprint density at radius 2 is 2.03 bits per heavy atom. The minimum atomic E-state index is -0.549. The van der Waals surface area contributed by atoms with E-state index in [4.69, 9.17) is 4.74 Å². The zero-order chi connectivity index (χ0) is 20.3. The first-order valence-electron chi connectivity index (χ1n) is 11.3. The predicted molar refractivity (Wildman–Crippen MR) is 117 cm³/mol. The van der Waals surface area contributed by atoms with Crippen molar-refractivity contribution in [2.75, 3.05) is 13.2 Å². The van der Waals surface area contributed by atoms with Crippen LogP contribution in [-0.2, 0) is 16.1 Å². The average Bonchev–Trinajstić information content (AvgIpc) is 3.50. The molecular weight excluding hydrogens is 362 g/mol. The lowest BCUT2D eigenvalue weighted by Crippen LogP contribution is -2.59. The van der Waals surface area contributed by atoms with E-state index < -0.39 is 5.54 Å². The van der Waals surface area contributed by atoms with Crippen molar-refractivity contribution < 1.29 is 9.53 Å². The molecule has 2 aromatic rings. The molecule has 1 saturated carbocycles. The maximum atomic E-state index is 13.5. The van der Waals surface area contributed by atoms with E-state index in [1.54, 1.807) is 0 Å². The number of benzene rings is 1. The second-order valence-corrected chi connectivity index (χ2v) is 8.96. The molecule has 2 N–H and O–H groups in total. The number of amides is 1. The number of carbonyl (C=O) groups is 1. The van der Waals surface area contributed by atoms with Crippen LogP contribution in [0.3, 0.4) is 0 Å². The topological polar surface area (TPSA) is 57.4 Å². The molecule has 0 bridgehead atoms. The molecule has 5 nitrogen and oxygen atoms in total. The molecule has 2 unspecified atom stereocenters. The summed E-state index contributed by atoms with van der Waals surface area (Å²) in [4.78, 5) is 19.2. The third-order valence-corrected chi connectivity index (χ3v) is 7.05. The summed E-state index contributed by atoms with van der Waals surface area (Å²) in [5.41, 5.74) is 1.84. The van der Waals surface area contributed by atoms with E-state index in [9.17, 15) is 4.79 Å². The highest BCUT2D eigenvalue weighted by atomic mass is 16.5. The van der Waals surface area contributed by atoms with Crippen molar-refractivity contribution in [3.8, 4) is 0 Å². The van der Waals surface area contributed by atoms with Crippen molar-refractivity contribution in [1.82, 2.24) is 15.2 Å². The number of rotatable bonds is 8. The van der Waals surface area contributed by atoms with Gasteiger partial charge >= 0.3 is 0 Å². The molecule has 1 aromatic carbocycles. The molecule has 1 saturated heterocycles. The minimum Gasteiger partial charge on any atom is -0.377 e. The number of hydrogen-bond donors (Lipinski definition) is 2. The van der Waals surface area contributed by atoms with E-state index in [0.717, 1.165) is 57.3 Å². The third-order valence-electron chi connectivity index (χ3n) is 7.05. The first-order chi connectivity index (χ1) is 14.1. The maximum absolute atomic E-state index is 13.5.